The van der Waals surface area contributed by atoms with Gasteiger partial charge in [-0.2, -0.15) is 0 Å². The summed E-state index contributed by atoms with van der Waals surface area (Å²) in [7, 11) is 0. The number of nitrogens with two attached hydrogens (primary N) is 1. The monoisotopic (exact) mass is 333 g/mol. The molecule has 2 rings (SSSR count). The van der Waals surface area contributed by atoms with Crippen molar-refractivity contribution in [2.75, 3.05) is 6.61 Å². The van der Waals surface area contributed by atoms with Crippen LogP contribution in [0, 0.1) is 0 Å². The molecule has 5 nitrogen and oxygen atoms in total. The summed E-state index contributed by atoms with van der Waals surface area (Å²) >= 11 is 5.78. The van der Waals surface area contributed by atoms with Gasteiger partial charge in [0.25, 0.3) is 0 Å². The van der Waals surface area contributed by atoms with Gasteiger partial charge in [0.1, 0.15) is 17.9 Å². The van der Waals surface area contributed by atoms with Gasteiger partial charge in [0.15, 0.2) is 5.78 Å². The highest BCUT2D eigenvalue weighted by atomic mass is 35.5. The standard InChI is InChI=1S/C17H16ClNO4/c18-13-6-8-14(9-7-13)23-11-15(20)17(19,10-16(21)22)12-4-2-1-3-5-12/h1-9H,10-11,19H2,(H,21,22). The van der Waals surface area contributed by atoms with E-state index >= 15 is 0 Å². The molecule has 0 spiro atoms. The third-order valence-electron chi connectivity index (χ3n) is 3.40. The molecule has 0 fully saturated rings. The van der Waals surface area contributed by atoms with Crippen molar-refractivity contribution in [1.82, 2.24) is 0 Å². The van der Waals surface area contributed by atoms with E-state index in [1.165, 1.54) is 0 Å². The molecule has 0 aliphatic heterocycles. The van der Waals surface area contributed by atoms with E-state index in [0.717, 1.165) is 0 Å². The van der Waals surface area contributed by atoms with Gasteiger partial charge in [0.05, 0.1) is 6.42 Å². The number of hydrogen-bond acceptors (Lipinski definition) is 4. The molecule has 0 heterocycles. The number of halogens is 1. The van der Waals surface area contributed by atoms with Crippen LogP contribution in [0.15, 0.2) is 54.6 Å². The molecule has 2 aromatic carbocycles. The highest BCUT2D eigenvalue weighted by Gasteiger charge is 2.38. The molecular weight excluding hydrogens is 318 g/mol. The lowest BCUT2D eigenvalue weighted by Gasteiger charge is -2.26. The number of ketones is 1. The lowest BCUT2D eigenvalue weighted by molar-refractivity contribution is -0.142. The summed E-state index contributed by atoms with van der Waals surface area (Å²) in [5.41, 5.74) is 4.92. The zero-order valence-electron chi connectivity index (χ0n) is 12.2. The molecule has 1 unspecified atom stereocenters. The average Bonchev–Trinajstić information content (AvgIpc) is 2.54. The Bertz CT molecular complexity index is 687. The maximum atomic E-state index is 12.5. The average molecular weight is 334 g/mol. The molecule has 6 heteroatoms. The predicted molar refractivity (Wildman–Crippen MR) is 86.5 cm³/mol. The molecule has 0 amide bonds. The Labute approximate surface area is 138 Å². The van der Waals surface area contributed by atoms with Crippen molar-refractivity contribution in [3.63, 3.8) is 0 Å². The third kappa shape index (κ3) is 4.31. The Balaban J connectivity index is 2.17. The summed E-state index contributed by atoms with van der Waals surface area (Å²) in [6.45, 7) is -0.333. The predicted octanol–water partition coefficient (Wildman–Crippen LogP) is 2.62. The summed E-state index contributed by atoms with van der Waals surface area (Å²) in [6.07, 6.45) is -0.514. The molecule has 0 bridgehead atoms. The van der Waals surface area contributed by atoms with Crippen LogP contribution in [-0.4, -0.2) is 23.5 Å². The van der Waals surface area contributed by atoms with E-state index in [9.17, 15) is 9.59 Å². The number of benzene rings is 2. The number of carboxylic acids is 1. The van der Waals surface area contributed by atoms with Gasteiger partial charge >= 0.3 is 5.97 Å². The normalized spacial score (nSPS) is 13.1. The zero-order chi connectivity index (χ0) is 16.9. The lowest BCUT2D eigenvalue weighted by atomic mass is 9.84. The number of Topliss-reactive ketones (excluding diaryl/α,β-unsaturated/α-hetero) is 1. The fourth-order valence-corrected chi connectivity index (χ4v) is 2.27. The second-order valence-electron chi connectivity index (χ2n) is 5.07. The smallest absolute Gasteiger partial charge is 0.306 e. The van der Waals surface area contributed by atoms with Gasteiger partial charge in [-0.1, -0.05) is 41.9 Å². The highest BCUT2D eigenvalue weighted by molar-refractivity contribution is 6.30. The van der Waals surface area contributed by atoms with Crippen molar-refractivity contribution in [3.05, 3.63) is 65.2 Å². The Kier molecular flexibility index (Phi) is 5.36. The van der Waals surface area contributed by atoms with Gasteiger partial charge in [-0.3, -0.25) is 9.59 Å². The van der Waals surface area contributed by atoms with Crippen LogP contribution in [-0.2, 0) is 15.1 Å². The van der Waals surface area contributed by atoms with Gasteiger partial charge in [-0.05, 0) is 29.8 Å². The van der Waals surface area contributed by atoms with Crippen LogP contribution in [0.3, 0.4) is 0 Å². The van der Waals surface area contributed by atoms with Crippen LogP contribution >= 0.6 is 11.6 Å². The van der Waals surface area contributed by atoms with Crippen molar-refractivity contribution < 1.29 is 19.4 Å². The Hall–Kier alpha value is -2.37. The molecule has 3 N–H and O–H groups in total. The van der Waals surface area contributed by atoms with E-state index in [0.29, 0.717) is 16.3 Å². The molecule has 0 radical (unpaired) electrons. The SMILES string of the molecule is NC(CC(=O)O)(C(=O)COc1ccc(Cl)cc1)c1ccccc1. The van der Waals surface area contributed by atoms with E-state index in [-0.39, 0.29) is 6.61 Å². The van der Waals surface area contributed by atoms with Gasteiger partial charge in [0, 0.05) is 5.02 Å². The van der Waals surface area contributed by atoms with Crippen molar-refractivity contribution >= 4 is 23.4 Å². The molecule has 0 saturated heterocycles. The first-order valence-electron chi connectivity index (χ1n) is 6.90. The van der Waals surface area contributed by atoms with Crippen LogP contribution in [0.25, 0.3) is 0 Å². The second kappa shape index (κ2) is 7.26. The number of aliphatic carboxylic acids is 1. The minimum absolute atomic E-state index is 0.333. The van der Waals surface area contributed by atoms with Crippen LogP contribution in [0.2, 0.25) is 5.02 Å². The summed E-state index contributed by atoms with van der Waals surface area (Å²) in [5.74, 6) is -1.22. The first-order chi connectivity index (χ1) is 10.9. The van der Waals surface area contributed by atoms with Crippen molar-refractivity contribution in [2.45, 2.75) is 12.0 Å². The second-order valence-corrected chi connectivity index (χ2v) is 5.51. The van der Waals surface area contributed by atoms with E-state index < -0.39 is 23.7 Å². The first kappa shape index (κ1) is 17.0. The van der Waals surface area contributed by atoms with Gasteiger partial charge in [-0.15, -0.1) is 0 Å². The van der Waals surface area contributed by atoms with E-state index in [1.807, 2.05) is 0 Å². The molecule has 120 valence electrons. The maximum Gasteiger partial charge on any atom is 0.306 e. The summed E-state index contributed by atoms with van der Waals surface area (Å²) in [5, 5.41) is 9.64. The lowest BCUT2D eigenvalue weighted by Crippen LogP contribution is -2.48. The number of carboxylic acid groups (broad SMARTS) is 1. The topological polar surface area (TPSA) is 89.6 Å². The minimum atomic E-state index is -1.64. The number of rotatable bonds is 7. The van der Waals surface area contributed by atoms with Crippen molar-refractivity contribution in [2.24, 2.45) is 5.73 Å². The van der Waals surface area contributed by atoms with E-state index in [4.69, 9.17) is 27.2 Å². The molecule has 0 aliphatic carbocycles. The Morgan fingerprint density at radius 2 is 1.70 bits per heavy atom. The fourth-order valence-electron chi connectivity index (χ4n) is 2.14. The third-order valence-corrected chi connectivity index (χ3v) is 3.65. The van der Waals surface area contributed by atoms with E-state index in [1.54, 1.807) is 54.6 Å². The van der Waals surface area contributed by atoms with Crippen molar-refractivity contribution in [3.8, 4) is 5.75 Å². The van der Waals surface area contributed by atoms with Crippen molar-refractivity contribution in [1.29, 1.82) is 0 Å². The highest BCUT2D eigenvalue weighted by Crippen LogP contribution is 2.24. The fraction of sp³-hybridized carbons (Fsp3) is 0.176. The van der Waals surface area contributed by atoms with Gasteiger partial charge in [-0.25, -0.2) is 0 Å². The van der Waals surface area contributed by atoms with Gasteiger partial charge < -0.3 is 15.6 Å². The quantitative estimate of drug-likeness (QED) is 0.813. The molecule has 23 heavy (non-hydrogen) atoms. The molecular formula is C17H16ClNO4. The number of hydrogen-bond donors (Lipinski definition) is 2. The number of ether oxygens (including phenoxy) is 1. The molecule has 0 saturated carbocycles. The molecule has 1 atom stereocenters. The first-order valence-corrected chi connectivity index (χ1v) is 7.27. The Morgan fingerprint density at radius 1 is 1.09 bits per heavy atom. The summed E-state index contributed by atoms with van der Waals surface area (Å²) < 4.78 is 5.39. The number of carbonyl (C=O) groups is 2. The van der Waals surface area contributed by atoms with Crippen LogP contribution in [0.1, 0.15) is 12.0 Å². The number of carbonyl (C=O) groups excluding carboxylic acids is 1. The maximum absolute atomic E-state index is 12.5. The minimum Gasteiger partial charge on any atom is -0.486 e. The van der Waals surface area contributed by atoms with Crippen LogP contribution < -0.4 is 10.5 Å². The molecule has 0 aliphatic rings. The Morgan fingerprint density at radius 3 is 2.26 bits per heavy atom. The zero-order valence-corrected chi connectivity index (χ0v) is 13.0. The molecule has 0 aromatic heterocycles. The van der Waals surface area contributed by atoms with Crippen LogP contribution in [0.5, 0.6) is 5.75 Å². The largest absolute Gasteiger partial charge is 0.486 e. The summed E-state index contributed by atoms with van der Waals surface area (Å²) in [4.78, 5) is 23.6. The van der Waals surface area contributed by atoms with E-state index in [2.05, 4.69) is 0 Å². The molecule has 2 aromatic rings. The summed E-state index contributed by atoms with van der Waals surface area (Å²) in [6, 6.07) is 14.9. The van der Waals surface area contributed by atoms with Gasteiger partial charge in [0.2, 0.25) is 0 Å². The van der Waals surface area contributed by atoms with Crippen LogP contribution in [0.4, 0.5) is 0 Å².